The van der Waals surface area contributed by atoms with E-state index in [-0.39, 0.29) is 18.2 Å². The van der Waals surface area contributed by atoms with Gasteiger partial charge in [0, 0.05) is 16.7 Å². The van der Waals surface area contributed by atoms with Crippen molar-refractivity contribution in [3.8, 4) is 0 Å². The van der Waals surface area contributed by atoms with Gasteiger partial charge in [-0.05, 0) is 24.8 Å². The highest BCUT2D eigenvalue weighted by Crippen LogP contribution is 2.27. The van der Waals surface area contributed by atoms with Crippen molar-refractivity contribution in [1.29, 1.82) is 0 Å². The van der Waals surface area contributed by atoms with E-state index in [1.165, 1.54) is 4.57 Å². The largest absolute Gasteiger partial charge is 0.355 e. The molecule has 1 aliphatic rings. The van der Waals surface area contributed by atoms with Crippen molar-refractivity contribution in [1.82, 2.24) is 9.55 Å². The van der Waals surface area contributed by atoms with E-state index in [2.05, 4.69) is 15.0 Å². The second-order valence-corrected chi connectivity index (χ2v) is 4.77. The lowest BCUT2D eigenvalue weighted by atomic mass is 10.2. The lowest BCUT2D eigenvalue weighted by molar-refractivity contribution is 0.00350. The minimum atomic E-state index is -0.468. The number of nitrogens with zero attached hydrogens (tertiary/aromatic N) is 4. The Labute approximate surface area is 115 Å². The van der Waals surface area contributed by atoms with Gasteiger partial charge in [0.1, 0.15) is 6.23 Å². The van der Waals surface area contributed by atoms with E-state index in [0.717, 1.165) is 12.8 Å². The van der Waals surface area contributed by atoms with Gasteiger partial charge in [-0.15, -0.1) is 0 Å². The van der Waals surface area contributed by atoms with Gasteiger partial charge < -0.3 is 4.74 Å². The summed E-state index contributed by atoms with van der Waals surface area (Å²) in [5, 5.41) is 3.48. The average molecular weight is 279 g/mol. The Morgan fingerprint density at radius 3 is 3.05 bits per heavy atom. The number of aromatic nitrogens is 2. The number of aromatic amines is 1. The molecule has 108 valence electrons. The maximum atomic E-state index is 11.8. The van der Waals surface area contributed by atoms with Crippen LogP contribution >= 0.6 is 0 Å². The fourth-order valence-electron chi connectivity index (χ4n) is 2.34. The zero-order valence-electron chi connectivity index (χ0n) is 11.3. The second kappa shape index (κ2) is 6.40. The predicted molar refractivity (Wildman–Crippen MR) is 72.5 cm³/mol. The number of azide groups is 1. The Bertz CT molecular complexity index is 629. The molecule has 8 heteroatoms. The third-order valence-corrected chi connectivity index (χ3v) is 3.30. The van der Waals surface area contributed by atoms with Crippen LogP contribution in [0.15, 0.2) is 20.9 Å². The van der Waals surface area contributed by atoms with Crippen LogP contribution in [0, 0.1) is 0 Å². The average Bonchev–Trinajstić information content (AvgIpc) is 2.88. The first-order chi connectivity index (χ1) is 9.65. The Kier molecular flexibility index (Phi) is 4.60. The first-order valence-corrected chi connectivity index (χ1v) is 6.66. The number of rotatable bonds is 5. The Morgan fingerprint density at radius 2 is 2.35 bits per heavy atom. The Balaban J connectivity index is 2.21. The summed E-state index contributed by atoms with van der Waals surface area (Å²) in [5.41, 5.74) is 8.06. The van der Waals surface area contributed by atoms with Gasteiger partial charge in [-0.1, -0.05) is 18.5 Å². The number of ether oxygens (including phenoxy) is 1. The molecule has 0 spiro atoms. The number of H-pyrrole nitrogens is 1. The standard InChI is InChI=1S/C12H17N5O3/c1-2-3-8-7-17(12(19)15-11(8)18)10-5-4-9(20-10)6-14-16-13/h7,9-10H,2-6H2,1H3,(H,15,18,19)/t9-,10+/m1/s1. The smallest absolute Gasteiger partial charge is 0.330 e. The molecule has 0 saturated carbocycles. The van der Waals surface area contributed by atoms with Crippen molar-refractivity contribution in [2.75, 3.05) is 6.54 Å². The molecule has 0 bridgehead atoms. The molecule has 1 aliphatic heterocycles. The second-order valence-electron chi connectivity index (χ2n) is 4.77. The normalized spacial score (nSPS) is 21.6. The Hall–Kier alpha value is -2.05. The summed E-state index contributed by atoms with van der Waals surface area (Å²) >= 11 is 0. The van der Waals surface area contributed by atoms with Crippen LogP contribution in [0.2, 0.25) is 0 Å². The monoisotopic (exact) mass is 279 g/mol. The molecule has 2 rings (SSSR count). The van der Waals surface area contributed by atoms with E-state index in [9.17, 15) is 9.59 Å². The third-order valence-electron chi connectivity index (χ3n) is 3.30. The van der Waals surface area contributed by atoms with Crippen molar-refractivity contribution in [2.24, 2.45) is 5.11 Å². The topological polar surface area (TPSA) is 113 Å². The molecule has 1 N–H and O–H groups in total. The van der Waals surface area contributed by atoms with Crippen LogP contribution in [0.5, 0.6) is 0 Å². The van der Waals surface area contributed by atoms with Gasteiger partial charge in [-0.2, -0.15) is 0 Å². The molecule has 2 heterocycles. The molecule has 8 nitrogen and oxygen atoms in total. The Morgan fingerprint density at radius 1 is 1.55 bits per heavy atom. The molecule has 20 heavy (non-hydrogen) atoms. The minimum absolute atomic E-state index is 0.177. The zero-order valence-corrected chi connectivity index (χ0v) is 11.3. The summed E-state index contributed by atoms with van der Waals surface area (Å²) in [6, 6.07) is 0. The molecule has 1 saturated heterocycles. The molecule has 1 aromatic rings. The van der Waals surface area contributed by atoms with E-state index in [1.54, 1.807) is 6.20 Å². The molecule has 0 aliphatic carbocycles. The predicted octanol–water partition coefficient (Wildman–Crippen LogP) is 1.48. The highest BCUT2D eigenvalue weighted by atomic mass is 16.5. The number of aryl methyl sites for hydroxylation is 1. The minimum Gasteiger partial charge on any atom is -0.355 e. The fraction of sp³-hybridized carbons (Fsp3) is 0.667. The number of hydrogen-bond donors (Lipinski definition) is 1. The van der Waals surface area contributed by atoms with E-state index in [0.29, 0.717) is 18.4 Å². The summed E-state index contributed by atoms with van der Waals surface area (Å²) < 4.78 is 7.10. The third kappa shape index (κ3) is 3.09. The summed E-state index contributed by atoms with van der Waals surface area (Å²) in [6.07, 6.45) is 3.81. The highest BCUT2D eigenvalue weighted by molar-refractivity contribution is 5.05. The van der Waals surface area contributed by atoms with Gasteiger partial charge >= 0.3 is 5.69 Å². The van der Waals surface area contributed by atoms with Crippen molar-refractivity contribution >= 4 is 0 Å². The lowest BCUT2D eigenvalue weighted by Crippen LogP contribution is -2.34. The number of nitrogens with one attached hydrogen (secondary N) is 1. The van der Waals surface area contributed by atoms with Gasteiger partial charge in [0.25, 0.3) is 5.56 Å². The molecule has 0 unspecified atom stereocenters. The van der Waals surface area contributed by atoms with E-state index < -0.39 is 11.9 Å². The van der Waals surface area contributed by atoms with Crippen LogP contribution in [-0.4, -0.2) is 22.2 Å². The maximum Gasteiger partial charge on any atom is 0.330 e. The first-order valence-electron chi connectivity index (χ1n) is 6.66. The van der Waals surface area contributed by atoms with Crippen molar-refractivity contribution < 1.29 is 4.74 Å². The molecule has 0 amide bonds. The van der Waals surface area contributed by atoms with Gasteiger partial charge in [-0.25, -0.2) is 4.79 Å². The van der Waals surface area contributed by atoms with Crippen LogP contribution in [0.3, 0.4) is 0 Å². The fourth-order valence-corrected chi connectivity index (χ4v) is 2.34. The quantitative estimate of drug-likeness (QED) is 0.500. The van der Waals surface area contributed by atoms with Crippen molar-refractivity contribution in [2.45, 2.75) is 44.9 Å². The van der Waals surface area contributed by atoms with Gasteiger partial charge in [0.2, 0.25) is 0 Å². The summed E-state index contributed by atoms with van der Waals surface area (Å²) in [4.78, 5) is 28.5. The lowest BCUT2D eigenvalue weighted by Gasteiger charge is -2.15. The van der Waals surface area contributed by atoms with Gasteiger partial charge in [-0.3, -0.25) is 14.3 Å². The van der Waals surface area contributed by atoms with Crippen molar-refractivity contribution in [3.05, 3.63) is 43.0 Å². The first kappa shape index (κ1) is 14.4. The summed E-state index contributed by atoms with van der Waals surface area (Å²) in [7, 11) is 0. The molecule has 0 radical (unpaired) electrons. The van der Waals surface area contributed by atoms with E-state index in [4.69, 9.17) is 10.3 Å². The van der Waals surface area contributed by atoms with E-state index in [1.807, 2.05) is 6.92 Å². The van der Waals surface area contributed by atoms with Crippen LogP contribution in [0.25, 0.3) is 10.4 Å². The van der Waals surface area contributed by atoms with Crippen LogP contribution in [0.1, 0.15) is 38.0 Å². The highest BCUT2D eigenvalue weighted by Gasteiger charge is 2.27. The van der Waals surface area contributed by atoms with Gasteiger partial charge in [0.05, 0.1) is 12.6 Å². The van der Waals surface area contributed by atoms with E-state index >= 15 is 0 Å². The van der Waals surface area contributed by atoms with Crippen LogP contribution in [0.4, 0.5) is 0 Å². The van der Waals surface area contributed by atoms with Crippen molar-refractivity contribution in [3.63, 3.8) is 0 Å². The molecular weight excluding hydrogens is 262 g/mol. The maximum absolute atomic E-state index is 11.8. The molecule has 0 aromatic carbocycles. The SMILES string of the molecule is CCCc1cn([C@@H]2CC[C@H](CN=[N+]=[N-])O2)c(=O)[nH]c1=O. The molecule has 1 aromatic heterocycles. The number of hydrogen-bond acceptors (Lipinski definition) is 4. The molecular formula is C12H17N5O3. The summed E-state index contributed by atoms with van der Waals surface area (Å²) in [5.74, 6) is 0. The summed E-state index contributed by atoms with van der Waals surface area (Å²) in [6.45, 7) is 2.23. The van der Waals surface area contributed by atoms with Gasteiger partial charge in [0.15, 0.2) is 0 Å². The molecule has 2 atom stereocenters. The molecule has 1 fully saturated rings. The van der Waals surface area contributed by atoms with Crippen LogP contribution < -0.4 is 11.2 Å². The zero-order chi connectivity index (χ0) is 14.5. The van der Waals surface area contributed by atoms with Crippen LogP contribution in [-0.2, 0) is 11.2 Å².